The molecule has 0 aromatic heterocycles. The topological polar surface area (TPSA) is 33.7 Å². The van der Waals surface area contributed by atoms with Crippen molar-refractivity contribution in [1.29, 1.82) is 0 Å². The minimum absolute atomic E-state index is 0.532. The number of piperazine rings is 1. The first kappa shape index (κ1) is 16.1. The average molecular weight is 292 g/mol. The predicted molar refractivity (Wildman–Crippen MR) is 86.0 cm³/mol. The highest BCUT2D eigenvalue weighted by molar-refractivity contribution is 5.40. The molecule has 118 valence electrons. The minimum atomic E-state index is 0.532. The van der Waals surface area contributed by atoms with E-state index in [2.05, 4.69) is 37.1 Å². The zero-order valence-electron chi connectivity index (χ0n) is 13.8. The summed E-state index contributed by atoms with van der Waals surface area (Å²) in [6, 6.07) is 7.18. The van der Waals surface area contributed by atoms with Crippen LogP contribution in [0.2, 0.25) is 0 Å². The summed E-state index contributed by atoms with van der Waals surface area (Å²) in [5.74, 6) is 2.38. The van der Waals surface area contributed by atoms with E-state index in [1.165, 1.54) is 5.56 Å². The van der Waals surface area contributed by atoms with Gasteiger partial charge in [-0.05, 0) is 18.9 Å². The van der Waals surface area contributed by atoms with Crippen LogP contribution in [0.4, 0.5) is 0 Å². The highest BCUT2D eigenvalue weighted by atomic mass is 16.5. The van der Waals surface area contributed by atoms with Gasteiger partial charge in [-0.15, -0.1) is 0 Å². The van der Waals surface area contributed by atoms with Crippen molar-refractivity contribution in [2.75, 3.05) is 27.3 Å². The molecule has 4 heteroatoms. The maximum Gasteiger partial charge on any atom is 0.127 e. The smallest absolute Gasteiger partial charge is 0.127 e. The fourth-order valence-electron chi connectivity index (χ4n) is 3.04. The Hall–Kier alpha value is -1.26. The van der Waals surface area contributed by atoms with Gasteiger partial charge < -0.3 is 14.8 Å². The summed E-state index contributed by atoms with van der Waals surface area (Å²) in [5.41, 5.74) is 1.22. The molecule has 0 spiro atoms. The highest BCUT2D eigenvalue weighted by Gasteiger charge is 2.28. The van der Waals surface area contributed by atoms with Crippen molar-refractivity contribution in [3.8, 4) is 11.5 Å². The van der Waals surface area contributed by atoms with Gasteiger partial charge in [-0.3, -0.25) is 4.90 Å². The van der Waals surface area contributed by atoms with E-state index >= 15 is 0 Å². The van der Waals surface area contributed by atoms with Gasteiger partial charge in [-0.1, -0.05) is 19.9 Å². The van der Waals surface area contributed by atoms with Crippen LogP contribution < -0.4 is 14.8 Å². The van der Waals surface area contributed by atoms with Crippen molar-refractivity contribution in [3.05, 3.63) is 23.8 Å². The molecule has 1 aromatic carbocycles. The van der Waals surface area contributed by atoms with Crippen molar-refractivity contribution in [2.24, 2.45) is 5.92 Å². The first-order valence-corrected chi connectivity index (χ1v) is 7.73. The zero-order chi connectivity index (χ0) is 15.4. The van der Waals surface area contributed by atoms with E-state index in [-0.39, 0.29) is 0 Å². The second-order valence-corrected chi connectivity index (χ2v) is 6.23. The SMILES string of the molecule is COc1ccc(CN2CC(C)NCC2C(C)C)c(OC)c1. The number of methoxy groups -OCH3 is 2. The third kappa shape index (κ3) is 3.89. The Bertz CT molecular complexity index is 462. The lowest BCUT2D eigenvalue weighted by Gasteiger charge is -2.41. The van der Waals surface area contributed by atoms with Crippen LogP contribution >= 0.6 is 0 Å². The fraction of sp³-hybridized carbons (Fsp3) is 0.647. The second kappa shape index (κ2) is 7.14. The molecular formula is C17H28N2O2. The van der Waals surface area contributed by atoms with Crippen molar-refractivity contribution >= 4 is 0 Å². The quantitative estimate of drug-likeness (QED) is 0.904. The van der Waals surface area contributed by atoms with E-state index in [1.807, 2.05) is 12.1 Å². The molecule has 0 saturated carbocycles. The summed E-state index contributed by atoms with van der Waals surface area (Å²) in [4.78, 5) is 2.57. The van der Waals surface area contributed by atoms with Gasteiger partial charge in [0.1, 0.15) is 11.5 Å². The molecule has 0 aliphatic carbocycles. The lowest BCUT2D eigenvalue weighted by Crippen LogP contribution is -2.56. The lowest BCUT2D eigenvalue weighted by atomic mass is 9.98. The normalized spacial score (nSPS) is 23.3. The Labute approximate surface area is 128 Å². The molecule has 2 atom stereocenters. The van der Waals surface area contributed by atoms with Crippen LogP contribution in [0.5, 0.6) is 11.5 Å². The molecular weight excluding hydrogens is 264 g/mol. The van der Waals surface area contributed by atoms with E-state index in [4.69, 9.17) is 9.47 Å². The number of hydrogen-bond donors (Lipinski definition) is 1. The van der Waals surface area contributed by atoms with E-state index in [9.17, 15) is 0 Å². The molecule has 1 aliphatic rings. The molecule has 0 radical (unpaired) electrons. The van der Waals surface area contributed by atoms with Crippen LogP contribution in [0.15, 0.2) is 18.2 Å². The number of nitrogens with zero attached hydrogens (tertiary/aromatic N) is 1. The van der Waals surface area contributed by atoms with Gasteiger partial charge in [0.25, 0.3) is 0 Å². The first-order chi connectivity index (χ1) is 10.0. The van der Waals surface area contributed by atoms with E-state index in [0.717, 1.165) is 31.1 Å². The van der Waals surface area contributed by atoms with Gasteiger partial charge in [0.15, 0.2) is 0 Å². The number of benzene rings is 1. The summed E-state index contributed by atoms with van der Waals surface area (Å²) < 4.78 is 10.8. The summed E-state index contributed by atoms with van der Waals surface area (Å²) in [6.45, 7) is 9.87. The molecule has 0 bridgehead atoms. The Morgan fingerprint density at radius 3 is 2.67 bits per heavy atom. The maximum atomic E-state index is 5.53. The maximum absolute atomic E-state index is 5.53. The van der Waals surface area contributed by atoms with Crippen molar-refractivity contribution in [2.45, 2.75) is 39.4 Å². The summed E-state index contributed by atoms with van der Waals surface area (Å²) in [5, 5.41) is 3.58. The van der Waals surface area contributed by atoms with E-state index < -0.39 is 0 Å². The van der Waals surface area contributed by atoms with Gasteiger partial charge in [0.05, 0.1) is 14.2 Å². The Morgan fingerprint density at radius 2 is 2.05 bits per heavy atom. The highest BCUT2D eigenvalue weighted by Crippen LogP contribution is 2.27. The average Bonchev–Trinajstić information content (AvgIpc) is 2.47. The monoisotopic (exact) mass is 292 g/mol. The Balaban J connectivity index is 2.18. The number of rotatable bonds is 5. The molecule has 4 nitrogen and oxygen atoms in total. The van der Waals surface area contributed by atoms with Crippen molar-refractivity contribution < 1.29 is 9.47 Å². The summed E-state index contributed by atoms with van der Waals surface area (Å²) >= 11 is 0. The largest absolute Gasteiger partial charge is 0.497 e. The van der Waals surface area contributed by atoms with Crippen molar-refractivity contribution in [1.82, 2.24) is 10.2 Å². The molecule has 21 heavy (non-hydrogen) atoms. The molecule has 0 amide bonds. The third-order valence-electron chi connectivity index (χ3n) is 4.29. The van der Waals surface area contributed by atoms with E-state index in [0.29, 0.717) is 18.0 Å². The number of ether oxygens (including phenoxy) is 2. The third-order valence-corrected chi connectivity index (χ3v) is 4.29. The van der Waals surface area contributed by atoms with Crippen molar-refractivity contribution in [3.63, 3.8) is 0 Å². The van der Waals surface area contributed by atoms with Crippen LogP contribution in [0.3, 0.4) is 0 Å². The fourth-order valence-corrected chi connectivity index (χ4v) is 3.04. The molecule has 1 aliphatic heterocycles. The first-order valence-electron chi connectivity index (χ1n) is 7.73. The summed E-state index contributed by atoms with van der Waals surface area (Å²) in [6.07, 6.45) is 0. The predicted octanol–water partition coefficient (Wildman–Crippen LogP) is 2.52. The van der Waals surface area contributed by atoms with Gasteiger partial charge >= 0.3 is 0 Å². The van der Waals surface area contributed by atoms with Crippen LogP contribution in [-0.4, -0.2) is 44.3 Å². The lowest BCUT2D eigenvalue weighted by molar-refractivity contribution is 0.0947. The Kier molecular flexibility index (Phi) is 5.48. The standard InChI is InChI=1S/C17H28N2O2/c1-12(2)16-9-18-13(3)10-19(16)11-14-6-7-15(20-4)8-17(14)21-5/h6-8,12-13,16,18H,9-11H2,1-5H3. The van der Waals surface area contributed by atoms with Crippen LogP contribution in [0.25, 0.3) is 0 Å². The van der Waals surface area contributed by atoms with E-state index in [1.54, 1.807) is 14.2 Å². The van der Waals surface area contributed by atoms with Crippen LogP contribution in [0.1, 0.15) is 26.3 Å². The summed E-state index contributed by atoms with van der Waals surface area (Å²) in [7, 11) is 3.40. The zero-order valence-corrected chi connectivity index (χ0v) is 13.8. The van der Waals surface area contributed by atoms with Gasteiger partial charge in [-0.2, -0.15) is 0 Å². The molecule has 1 fully saturated rings. The molecule has 1 heterocycles. The number of hydrogen-bond acceptors (Lipinski definition) is 4. The molecule has 2 unspecified atom stereocenters. The number of nitrogens with one attached hydrogen (secondary N) is 1. The van der Waals surface area contributed by atoms with Crippen LogP contribution in [0, 0.1) is 5.92 Å². The molecule has 1 aromatic rings. The Morgan fingerprint density at radius 1 is 1.29 bits per heavy atom. The van der Waals surface area contributed by atoms with Gasteiger partial charge in [0.2, 0.25) is 0 Å². The second-order valence-electron chi connectivity index (χ2n) is 6.23. The molecule has 1 saturated heterocycles. The van der Waals surface area contributed by atoms with Crippen LogP contribution in [-0.2, 0) is 6.54 Å². The molecule has 1 N–H and O–H groups in total. The van der Waals surface area contributed by atoms with Gasteiger partial charge in [-0.25, -0.2) is 0 Å². The van der Waals surface area contributed by atoms with Gasteiger partial charge in [0, 0.05) is 43.3 Å². The molecule has 2 rings (SSSR count). The minimum Gasteiger partial charge on any atom is -0.497 e.